The lowest BCUT2D eigenvalue weighted by atomic mass is 10.0. The maximum Gasteiger partial charge on any atom is 0.274 e. The lowest BCUT2D eigenvalue weighted by Gasteiger charge is -2.33. The Hall–Kier alpha value is -3.02. The second kappa shape index (κ2) is 7.70. The van der Waals surface area contributed by atoms with Crippen molar-refractivity contribution in [2.75, 3.05) is 18.4 Å². The van der Waals surface area contributed by atoms with Gasteiger partial charge in [0.2, 0.25) is 0 Å². The fourth-order valence-electron chi connectivity index (χ4n) is 3.55. The van der Waals surface area contributed by atoms with Crippen LogP contribution in [0.25, 0.3) is 10.9 Å². The zero-order valence-corrected chi connectivity index (χ0v) is 15.4. The van der Waals surface area contributed by atoms with Crippen molar-refractivity contribution in [1.29, 1.82) is 0 Å². The number of anilines is 1. The number of aromatic nitrogens is 3. The van der Waals surface area contributed by atoms with Gasteiger partial charge in [0.15, 0.2) is 0 Å². The molecular weight excluding hydrogens is 338 g/mol. The van der Waals surface area contributed by atoms with Crippen molar-refractivity contribution in [3.63, 3.8) is 0 Å². The smallest absolute Gasteiger partial charge is 0.274 e. The van der Waals surface area contributed by atoms with Crippen molar-refractivity contribution < 1.29 is 4.79 Å². The molecular formula is C21H23N5O. The first-order chi connectivity index (χ1) is 13.2. The van der Waals surface area contributed by atoms with Crippen LogP contribution < -0.4 is 5.32 Å². The zero-order valence-electron chi connectivity index (χ0n) is 15.4. The first-order valence-electron chi connectivity index (χ1n) is 9.45. The number of benzene rings is 1. The minimum absolute atomic E-state index is 0.0378. The number of fused-ring (bicyclic) bond motifs is 1. The molecule has 3 aromatic rings. The van der Waals surface area contributed by atoms with Gasteiger partial charge in [-0.25, -0.2) is 4.98 Å². The summed E-state index contributed by atoms with van der Waals surface area (Å²) in [4.78, 5) is 27.2. The number of carbonyl (C=O) groups excluding carboxylic acids is 1. The second-order valence-electron chi connectivity index (χ2n) is 6.83. The number of aryl methyl sites for hydroxylation is 1. The van der Waals surface area contributed by atoms with Crippen LogP contribution in [-0.4, -0.2) is 44.9 Å². The van der Waals surface area contributed by atoms with E-state index in [0.717, 1.165) is 54.6 Å². The predicted molar refractivity (Wildman–Crippen MR) is 106 cm³/mol. The lowest BCUT2D eigenvalue weighted by Crippen LogP contribution is -2.42. The van der Waals surface area contributed by atoms with Gasteiger partial charge in [0.1, 0.15) is 5.69 Å². The largest absolute Gasteiger partial charge is 0.382 e. The van der Waals surface area contributed by atoms with Gasteiger partial charge in [-0.2, -0.15) is 0 Å². The van der Waals surface area contributed by atoms with Crippen LogP contribution in [0.4, 0.5) is 5.69 Å². The predicted octanol–water partition coefficient (Wildman–Crippen LogP) is 3.30. The summed E-state index contributed by atoms with van der Waals surface area (Å²) in [5, 5.41) is 4.84. The summed E-state index contributed by atoms with van der Waals surface area (Å²) in [6.07, 6.45) is 7.39. The van der Waals surface area contributed by atoms with Crippen LogP contribution in [0.3, 0.4) is 0 Å². The molecule has 0 unspecified atom stereocenters. The van der Waals surface area contributed by atoms with E-state index in [0.29, 0.717) is 11.7 Å². The van der Waals surface area contributed by atoms with E-state index < -0.39 is 0 Å². The average Bonchev–Trinajstić information content (AvgIpc) is 2.74. The third kappa shape index (κ3) is 3.74. The monoisotopic (exact) mass is 361 g/mol. The van der Waals surface area contributed by atoms with Crippen LogP contribution in [0.2, 0.25) is 0 Å². The van der Waals surface area contributed by atoms with Crippen LogP contribution in [-0.2, 0) is 6.42 Å². The number of pyridine rings is 1. The molecule has 1 saturated heterocycles. The molecule has 1 fully saturated rings. The van der Waals surface area contributed by atoms with Gasteiger partial charge in [-0.1, -0.05) is 25.1 Å². The first kappa shape index (κ1) is 17.4. The highest BCUT2D eigenvalue weighted by Crippen LogP contribution is 2.26. The average molecular weight is 361 g/mol. The number of piperidine rings is 1. The molecule has 0 bridgehead atoms. The Labute approximate surface area is 158 Å². The Balaban J connectivity index is 1.45. The van der Waals surface area contributed by atoms with Crippen LogP contribution in [0.1, 0.15) is 35.9 Å². The summed E-state index contributed by atoms with van der Waals surface area (Å²) in [5.41, 5.74) is 3.66. The number of likely N-dealkylation sites (tertiary alicyclic amines) is 1. The number of hydrogen-bond donors (Lipinski definition) is 1. The standard InChI is InChI=1S/C21H23N5O/c1-2-15-13-19(17-5-3-4-6-18(17)24-15)25-16-7-11-26(12-8-16)21(27)20-14-22-9-10-23-20/h3-6,9-10,13-14,16H,2,7-8,11-12H2,1H3,(H,24,25). The molecule has 0 saturated carbocycles. The molecule has 1 N–H and O–H groups in total. The number of amides is 1. The Kier molecular flexibility index (Phi) is 4.96. The number of rotatable bonds is 4. The van der Waals surface area contributed by atoms with E-state index in [4.69, 9.17) is 4.98 Å². The number of nitrogens with one attached hydrogen (secondary N) is 1. The number of carbonyl (C=O) groups is 1. The fraction of sp³-hybridized carbons (Fsp3) is 0.333. The van der Waals surface area contributed by atoms with Crippen molar-refractivity contribution in [2.24, 2.45) is 0 Å². The number of hydrogen-bond acceptors (Lipinski definition) is 5. The molecule has 0 aliphatic carbocycles. The summed E-state index contributed by atoms with van der Waals surface area (Å²) in [7, 11) is 0. The molecule has 1 aliphatic heterocycles. The number of para-hydroxylation sites is 1. The molecule has 2 aromatic heterocycles. The van der Waals surface area contributed by atoms with Crippen molar-refractivity contribution in [3.8, 4) is 0 Å². The summed E-state index contributed by atoms with van der Waals surface area (Å²) >= 11 is 0. The van der Waals surface area contributed by atoms with E-state index in [9.17, 15) is 4.79 Å². The van der Waals surface area contributed by atoms with Crippen molar-refractivity contribution >= 4 is 22.5 Å². The van der Waals surface area contributed by atoms with Crippen molar-refractivity contribution in [3.05, 3.63) is 60.3 Å². The van der Waals surface area contributed by atoms with Crippen LogP contribution >= 0.6 is 0 Å². The van der Waals surface area contributed by atoms with E-state index in [-0.39, 0.29) is 5.91 Å². The Bertz CT molecular complexity index is 936. The number of nitrogens with zero attached hydrogens (tertiary/aromatic N) is 4. The Morgan fingerprint density at radius 3 is 2.78 bits per heavy atom. The normalized spacial score (nSPS) is 15.1. The summed E-state index contributed by atoms with van der Waals surface area (Å²) < 4.78 is 0. The molecule has 6 nitrogen and oxygen atoms in total. The third-order valence-electron chi connectivity index (χ3n) is 5.06. The molecule has 0 atom stereocenters. The summed E-state index contributed by atoms with van der Waals surface area (Å²) in [5.74, 6) is -0.0378. The van der Waals surface area contributed by atoms with Gasteiger partial charge in [0, 0.05) is 48.3 Å². The Morgan fingerprint density at radius 2 is 2.04 bits per heavy atom. The van der Waals surface area contributed by atoms with Crippen LogP contribution in [0, 0.1) is 0 Å². The highest BCUT2D eigenvalue weighted by Gasteiger charge is 2.24. The molecule has 3 heterocycles. The molecule has 0 radical (unpaired) electrons. The van der Waals surface area contributed by atoms with Gasteiger partial charge in [0.05, 0.1) is 11.7 Å². The fourth-order valence-corrected chi connectivity index (χ4v) is 3.55. The topological polar surface area (TPSA) is 71.0 Å². The third-order valence-corrected chi connectivity index (χ3v) is 5.06. The summed E-state index contributed by atoms with van der Waals surface area (Å²) in [6, 6.07) is 10.7. The van der Waals surface area contributed by atoms with Gasteiger partial charge in [-0.05, 0) is 31.4 Å². The van der Waals surface area contributed by atoms with Gasteiger partial charge in [0.25, 0.3) is 5.91 Å². The van der Waals surface area contributed by atoms with Crippen LogP contribution in [0.5, 0.6) is 0 Å². The SMILES string of the molecule is CCc1cc(NC2CCN(C(=O)c3cnccn3)CC2)c2ccccc2n1. The second-order valence-corrected chi connectivity index (χ2v) is 6.83. The molecule has 27 heavy (non-hydrogen) atoms. The van der Waals surface area contributed by atoms with Crippen molar-refractivity contribution in [2.45, 2.75) is 32.2 Å². The molecule has 1 amide bonds. The maximum absolute atomic E-state index is 12.5. The molecule has 1 aromatic carbocycles. The van der Waals surface area contributed by atoms with E-state index in [1.807, 2.05) is 17.0 Å². The van der Waals surface area contributed by atoms with Crippen LogP contribution in [0.15, 0.2) is 48.9 Å². The molecule has 1 aliphatic rings. The quantitative estimate of drug-likeness (QED) is 0.772. The zero-order chi connectivity index (χ0) is 18.6. The van der Waals surface area contributed by atoms with Gasteiger partial charge >= 0.3 is 0 Å². The van der Waals surface area contributed by atoms with Gasteiger partial charge in [-0.3, -0.25) is 14.8 Å². The van der Waals surface area contributed by atoms with E-state index in [1.165, 1.54) is 6.20 Å². The van der Waals surface area contributed by atoms with Gasteiger partial charge < -0.3 is 10.2 Å². The minimum atomic E-state index is -0.0378. The van der Waals surface area contributed by atoms with Crippen molar-refractivity contribution in [1.82, 2.24) is 19.9 Å². The highest BCUT2D eigenvalue weighted by molar-refractivity contribution is 5.92. The molecule has 0 spiro atoms. The highest BCUT2D eigenvalue weighted by atomic mass is 16.2. The minimum Gasteiger partial charge on any atom is -0.382 e. The molecule has 138 valence electrons. The molecule has 4 rings (SSSR count). The maximum atomic E-state index is 12.5. The molecule has 6 heteroatoms. The Morgan fingerprint density at radius 1 is 1.22 bits per heavy atom. The first-order valence-corrected chi connectivity index (χ1v) is 9.45. The van der Waals surface area contributed by atoms with Gasteiger partial charge in [-0.15, -0.1) is 0 Å². The van der Waals surface area contributed by atoms with E-state index in [1.54, 1.807) is 12.4 Å². The summed E-state index contributed by atoms with van der Waals surface area (Å²) in [6.45, 7) is 3.56. The van der Waals surface area contributed by atoms with E-state index in [2.05, 4.69) is 40.4 Å². The lowest BCUT2D eigenvalue weighted by molar-refractivity contribution is 0.0712. The van der Waals surface area contributed by atoms with E-state index >= 15 is 0 Å².